The molecule has 4 heteroatoms. The maximum absolute atomic E-state index is 9.66. The first kappa shape index (κ1) is 11.4. The average Bonchev–Trinajstić information content (AvgIpc) is 2.75. The molecule has 0 unspecified atom stereocenters. The van der Waals surface area contributed by atoms with Crippen LogP contribution < -0.4 is 0 Å². The van der Waals surface area contributed by atoms with Gasteiger partial charge in [0.15, 0.2) is 0 Å². The summed E-state index contributed by atoms with van der Waals surface area (Å²) in [6.45, 7) is 1.96. The van der Waals surface area contributed by atoms with Crippen molar-refractivity contribution in [1.82, 2.24) is 9.78 Å². The van der Waals surface area contributed by atoms with Crippen molar-refractivity contribution in [2.75, 3.05) is 0 Å². The zero-order valence-electron chi connectivity index (χ0n) is 8.97. The van der Waals surface area contributed by atoms with Crippen molar-refractivity contribution in [2.45, 2.75) is 19.4 Å². The lowest BCUT2D eigenvalue weighted by Crippen LogP contribution is -1.97. The number of halogens is 1. The predicted molar refractivity (Wildman–Crippen MR) is 66.5 cm³/mol. The molecule has 0 saturated carbocycles. The Morgan fingerprint density at radius 1 is 1.38 bits per heavy atom. The number of aromatic nitrogens is 2. The van der Waals surface area contributed by atoms with Gasteiger partial charge in [0.2, 0.25) is 0 Å². The molecule has 1 aromatic heterocycles. The van der Waals surface area contributed by atoms with Crippen molar-refractivity contribution in [3.8, 4) is 5.69 Å². The van der Waals surface area contributed by atoms with Crippen LogP contribution in [0.1, 0.15) is 25.0 Å². The Morgan fingerprint density at radius 2 is 2.06 bits per heavy atom. The second kappa shape index (κ2) is 4.80. The van der Waals surface area contributed by atoms with Crippen molar-refractivity contribution < 1.29 is 5.11 Å². The van der Waals surface area contributed by atoms with E-state index in [1.54, 1.807) is 10.9 Å². The number of benzene rings is 1. The number of hydrogen-bond acceptors (Lipinski definition) is 2. The smallest absolute Gasteiger partial charge is 0.0787 e. The van der Waals surface area contributed by atoms with Crippen LogP contribution in [0, 0.1) is 0 Å². The van der Waals surface area contributed by atoms with Gasteiger partial charge in [0.1, 0.15) is 0 Å². The van der Waals surface area contributed by atoms with E-state index in [2.05, 4.69) is 21.0 Å². The Kier molecular flexibility index (Phi) is 3.41. The fourth-order valence-electron chi connectivity index (χ4n) is 1.53. The zero-order chi connectivity index (χ0) is 11.5. The van der Waals surface area contributed by atoms with Crippen LogP contribution in [0.4, 0.5) is 0 Å². The highest BCUT2D eigenvalue weighted by atomic mass is 79.9. The fourth-order valence-corrected chi connectivity index (χ4v) is 1.81. The summed E-state index contributed by atoms with van der Waals surface area (Å²) in [6, 6.07) is 7.76. The average molecular weight is 281 g/mol. The minimum atomic E-state index is -0.376. The summed E-state index contributed by atoms with van der Waals surface area (Å²) in [7, 11) is 0. The van der Waals surface area contributed by atoms with Gasteiger partial charge in [-0.25, -0.2) is 4.68 Å². The molecule has 0 aliphatic rings. The predicted octanol–water partition coefficient (Wildman–Crippen LogP) is 3.08. The quantitative estimate of drug-likeness (QED) is 0.938. The number of rotatable bonds is 3. The van der Waals surface area contributed by atoms with Gasteiger partial charge in [0.25, 0.3) is 0 Å². The Morgan fingerprint density at radius 3 is 2.56 bits per heavy atom. The molecule has 0 fully saturated rings. The Bertz CT molecular complexity index is 464. The van der Waals surface area contributed by atoms with Gasteiger partial charge >= 0.3 is 0 Å². The molecule has 2 rings (SSSR count). The van der Waals surface area contributed by atoms with Gasteiger partial charge in [-0.15, -0.1) is 0 Å². The van der Waals surface area contributed by atoms with Crippen molar-refractivity contribution >= 4 is 15.9 Å². The van der Waals surface area contributed by atoms with E-state index in [1.165, 1.54) is 0 Å². The first-order valence-electron chi connectivity index (χ1n) is 5.19. The summed E-state index contributed by atoms with van der Waals surface area (Å²) in [5.41, 5.74) is 1.93. The van der Waals surface area contributed by atoms with Crippen LogP contribution in [0.3, 0.4) is 0 Å². The van der Waals surface area contributed by atoms with E-state index in [1.807, 2.05) is 37.4 Å². The SMILES string of the molecule is CC[C@H](O)c1ccc(-n2cc(Br)cn2)cc1. The summed E-state index contributed by atoms with van der Waals surface area (Å²) in [5, 5.41) is 13.9. The molecule has 0 saturated heterocycles. The maximum Gasteiger partial charge on any atom is 0.0787 e. The van der Waals surface area contributed by atoms with Gasteiger partial charge in [0.05, 0.1) is 22.5 Å². The molecule has 84 valence electrons. The first-order valence-corrected chi connectivity index (χ1v) is 5.98. The van der Waals surface area contributed by atoms with E-state index in [0.717, 1.165) is 22.1 Å². The molecule has 3 nitrogen and oxygen atoms in total. The minimum absolute atomic E-state index is 0.376. The lowest BCUT2D eigenvalue weighted by molar-refractivity contribution is 0.173. The second-order valence-corrected chi connectivity index (χ2v) is 4.53. The molecular formula is C12H13BrN2O. The van der Waals surface area contributed by atoms with Crippen LogP contribution in [0.5, 0.6) is 0 Å². The van der Waals surface area contributed by atoms with Gasteiger partial charge in [-0.2, -0.15) is 5.10 Å². The summed E-state index contributed by atoms with van der Waals surface area (Å²) in [5.74, 6) is 0. The van der Waals surface area contributed by atoms with Crippen molar-refractivity contribution in [3.63, 3.8) is 0 Å². The molecule has 0 amide bonds. The fraction of sp³-hybridized carbons (Fsp3) is 0.250. The van der Waals surface area contributed by atoms with E-state index < -0.39 is 0 Å². The van der Waals surface area contributed by atoms with Crippen LogP contribution in [-0.2, 0) is 0 Å². The van der Waals surface area contributed by atoms with E-state index in [-0.39, 0.29) is 6.10 Å². The molecule has 1 aromatic carbocycles. The maximum atomic E-state index is 9.66. The lowest BCUT2D eigenvalue weighted by Gasteiger charge is -2.08. The summed E-state index contributed by atoms with van der Waals surface area (Å²) >= 11 is 3.35. The van der Waals surface area contributed by atoms with E-state index >= 15 is 0 Å². The molecule has 16 heavy (non-hydrogen) atoms. The van der Waals surface area contributed by atoms with E-state index in [9.17, 15) is 5.11 Å². The minimum Gasteiger partial charge on any atom is -0.388 e. The molecule has 0 aliphatic carbocycles. The van der Waals surface area contributed by atoms with Gasteiger partial charge in [-0.05, 0) is 40.0 Å². The molecule has 0 spiro atoms. The highest BCUT2D eigenvalue weighted by Crippen LogP contribution is 2.18. The highest BCUT2D eigenvalue weighted by molar-refractivity contribution is 9.10. The molecule has 0 aliphatic heterocycles. The van der Waals surface area contributed by atoms with Crippen LogP contribution in [-0.4, -0.2) is 14.9 Å². The second-order valence-electron chi connectivity index (χ2n) is 3.62. The molecule has 2 aromatic rings. The van der Waals surface area contributed by atoms with E-state index in [0.29, 0.717) is 0 Å². The number of hydrogen-bond donors (Lipinski definition) is 1. The van der Waals surface area contributed by atoms with Crippen molar-refractivity contribution in [1.29, 1.82) is 0 Å². The standard InChI is InChI=1S/C12H13BrN2O/c1-2-12(16)9-3-5-11(6-4-9)15-8-10(13)7-14-15/h3-8,12,16H,2H2,1H3/t12-/m0/s1. The largest absolute Gasteiger partial charge is 0.388 e. The third kappa shape index (κ3) is 2.33. The van der Waals surface area contributed by atoms with E-state index in [4.69, 9.17) is 0 Å². The number of aliphatic hydroxyl groups excluding tert-OH is 1. The van der Waals surface area contributed by atoms with Crippen LogP contribution in [0.25, 0.3) is 5.69 Å². The Balaban J connectivity index is 2.25. The molecule has 1 N–H and O–H groups in total. The third-order valence-corrected chi connectivity index (χ3v) is 2.89. The third-order valence-electron chi connectivity index (χ3n) is 2.48. The monoisotopic (exact) mass is 280 g/mol. The van der Waals surface area contributed by atoms with Gasteiger partial charge in [-0.1, -0.05) is 19.1 Å². The normalized spacial score (nSPS) is 12.7. The molecule has 0 bridgehead atoms. The Labute approximate surface area is 103 Å². The summed E-state index contributed by atoms with van der Waals surface area (Å²) in [6.07, 6.45) is 3.99. The number of aliphatic hydroxyl groups is 1. The summed E-state index contributed by atoms with van der Waals surface area (Å²) in [4.78, 5) is 0. The van der Waals surface area contributed by atoms with Gasteiger partial charge < -0.3 is 5.11 Å². The molecular weight excluding hydrogens is 268 g/mol. The molecule has 0 radical (unpaired) electrons. The van der Waals surface area contributed by atoms with Crippen molar-refractivity contribution in [2.24, 2.45) is 0 Å². The van der Waals surface area contributed by atoms with Crippen molar-refractivity contribution in [3.05, 3.63) is 46.7 Å². The highest BCUT2D eigenvalue weighted by Gasteiger charge is 2.05. The number of nitrogens with zero attached hydrogens (tertiary/aromatic N) is 2. The lowest BCUT2D eigenvalue weighted by atomic mass is 10.1. The van der Waals surface area contributed by atoms with Gasteiger partial charge in [-0.3, -0.25) is 0 Å². The van der Waals surface area contributed by atoms with Crippen LogP contribution in [0.15, 0.2) is 41.1 Å². The topological polar surface area (TPSA) is 38.0 Å². The first-order chi connectivity index (χ1) is 7.70. The zero-order valence-corrected chi connectivity index (χ0v) is 10.6. The summed E-state index contributed by atoms with van der Waals surface area (Å²) < 4.78 is 2.73. The Hall–Kier alpha value is -1.13. The van der Waals surface area contributed by atoms with Gasteiger partial charge in [0, 0.05) is 6.20 Å². The molecule has 1 heterocycles. The van der Waals surface area contributed by atoms with Crippen LogP contribution >= 0.6 is 15.9 Å². The van der Waals surface area contributed by atoms with Crippen LogP contribution in [0.2, 0.25) is 0 Å². The molecule has 1 atom stereocenters.